The van der Waals surface area contributed by atoms with Crippen LogP contribution in [0.15, 0.2) is 54.9 Å². The molecule has 0 unspecified atom stereocenters. The van der Waals surface area contributed by atoms with Gasteiger partial charge >= 0.3 is 0 Å². The Morgan fingerprint density at radius 2 is 1.82 bits per heavy atom. The third kappa shape index (κ3) is 2.76. The van der Waals surface area contributed by atoms with E-state index in [0.29, 0.717) is 12.5 Å². The average Bonchev–Trinajstić information content (AvgIpc) is 3.46. The van der Waals surface area contributed by atoms with Crippen molar-refractivity contribution < 1.29 is 4.79 Å². The Kier molecular flexibility index (Phi) is 3.41. The second-order valence-corrected chi connectivity index (χ2v) is 6.46. The molecule has 0 bridgehead atoms. The number of carbonyl (C=O) groups excluding carboxylic acids is 1. The van der Waals surface area contributed by atoms with E-state index in [1.54, 1.807) is 12.4 Å². The summed E-state index contributed by atoms with van der Waals surface area (Å²) in [7, 11) is 0. The second-order valence-electron chi connectivity index (χ2n) is 6.46. The van der Waals surface area contributed by atoms with Crippen molar-refractivity contribution >= 4 is 11.6 Å². The highest BCUT2D eigenvalue weighted by Crippen LogP contribution is 2.55. The zero-order valence-electron chi connectivity index (χ0n) is 12.6. The summed E-state index contributed by atoms with van der Waals surface area (Å²) < 4.78 is 0. The van der Waals surface area contributed by atoms with Gasteiger partial charge in [-0.3, -0.25) is 9.78 Å². The summed E-state index contributed by atoms with van der Waals surface area (Å²) in [6.07, 6.45) is 7.24. The molecule has 3 heteroatoms. The topological polar surface area (TPSA) is 33.2 Å². The molecule has 0 radical (unpaired) electrons. The molecule has 1 aromatic heterocycles. The number of rotatable bonds is 5. The highest BCUT2D eigenvalue weighted by atomic mass is 16.2. The molecular weight excluding hydrogens is 272 g/mol. The van der Waals surface area contributed by atoms with Crippen LogP contribution in [0.1, 0.15) is 24.8 Å². The van der Waals surface area contributed by atoms with Crippen LogP contribution in [0.4, 0.5) is 5.69 Å². The van der Waals surface area contributed by atoms with Gasteiger partial charge in [-0.15, -0.1) is 0 Å². The number of hydrogen-bond donors (Lipinski definition) is 0. The lowest BCUT2D eigenvalue weighted by Crippen LogP contribution is -2.32. The van der Waals surface area contributed by atoms with Crippen LogP contribution >= 0.6 is 0 Å². The van der Waals surface area contributed by atoms with Crippen LogP contribution in [0.5, 0.6) is 0 Å². The van der Waals surface area contributed by atoms with Crippen molar-refractivity contribution in [2.24, 2.45) is 17.8 Å². The van der Waals surface area contributed by atoms with Crippen LogP contribution < -0.4 is 4.90 Å². The predicted octanol–water partition coefficient (Wildman–Crippen LogP) is 3.66. The Balaban J connectivity index is 1.56. The molecule has 2 aromatic rings. The Labute approximate surface area is 131 Å². The minimum absolute atomic E-state index is 0.240. The van der Waals surface area contributed by atoms with E-state index < -0.39 is 0 Å². The monoisotopic (exact) mass is 292 g/mol. The molecule has 1 amide bonds. The van der Waals surface area contributed by atoms with Gasteiger partial charge in [0, 0.05) is 24.0 Å². The van der Waals surface area contributed by atoms with E-state index in [0.717, 1.165) is 23.6 Å². The van der Waals surface area contributed by atoms with Crippen molar-refractivity contribution in [3.63, 3.8) is 0 Å². The first-order valence-electron chi connectivity index (χ1n) is 8.08. The van der Waals surface area contributed by atoms with Crippen molar-refractivity contribution in [2.45, 2.75) is 25.8 Å². The molecule has 3 nitrogen and oxygen atoms in total. The highest BCUT2D eigenvalue weighted by Gasteiger charge is 2.52. The fourth-order valence-electron chi connectivity index (χ4n) is 3.33. The van der Waals surface area contributed by atoms with E-state index in [-0.39, 0.29) is 11.8 Å². The van der Waals surface area contributed by atoms with Gasteiger partial charge in [-0.1, -0.05) is 30.3 Å². The van der Waals surface area contributed by atoms with Gasteiger partial charge in [0.15, 0.2) is 0 Å². The van der Waals surface area contributed by atoms with Gasteiger partial charge in [-0.05, 0) is 48.8 Å². The summed E-state index contributed by atoms with van der Waals surface area (Å²) in [5, 5.41) is 0. The molecule has 4 rings (SSSR count). The third-order valence-electron chi connectivity index (χ3n) is 4.81. The quantitative estimate of drug-likeness (QED) is 0.842. The molecule has 0 aliphatic heterocycles. The number of carbonyl (C=O) groups is 1. The van der Waals surface area contributed by atoms with Gasteiger partial charge < -0.3 is 4.90 Å². The van der Waals surface area contributed by atoms with Crippen molar-refractivity contribution in [2.75, 3.05) is 4.90 Å². The van der Waals surface area contributed by atoms with Crippen LogP contribution in [-0.2, 0) is 11.3 Å². The first-order valence-corrected chi connectivity index (χ1v) is 8.08. The smallest absolute Gasteiger partial charge is 0.230 e. The summed E-state index contributed by atoms with van der Waals surface area (Å²) in [5.41, 5.74) is 2.11. The zero-order chi connectivity index (χ0) is 14.9. The molecule has 112 valence electrons. The van der Waals surface area contributed by atoms with E-state index in [1.165, 1.54) is 12.8 Å². The fraction of sp³-hybridized carbons (Fsp3) is 0.368. The van der Waals surface area contributed by atoms with Gasteiger partial charge in [-0.25, -0.2) is 0 Å². The molecule has 0 saturated heterocycles. The van der Waals surface area contributed by atoms with Gasteiger partial charge in [0.2, 0.25) is 5.91 Å². The maximum absolute atomic E-state index is 13.0. The Hall–Kier alpha value is -2.16. The molecule has 2 saturated carbocycles. The molecule has 22 heavy (non-hydrogen) atoms. The van der Waals surface area contributed by atoms with E-state index in [9.17, 15) is 4.79 Å². The number of aromatic nitrogens is 1. The Morgan fingerprint density at radius 3 is 2.50 bits per heavy atom. The largest absolute Gasteiger partial charge is 0.308 e. The van der Waals surface area contributed by atoms with Crippen LogP contribution in [0.2, 0.25) is 0 Å². The molecule has 0 spiro atoms. The minimum atomic E-state index is 0.240. The Bertz CT molecular complexity index is 652. The predicted molar refractivity (Wildman–Crippen MR) is 86.2 cm³/mol. The first kappa shape index (κ1) is 13.5. The average molecular weight is 292 g/mol. The number of hydrogen-bond acceptors (Lipinski definition) is 2. The zero-order valence-corrected chi connectivity index (χ0v) is 12.6. The summed E-state index contributed by atoms with van der Waals surface area (Å²) in [6.45, 7) is 0.636. The summed E-state index contributed by atoms with van der Waals surface area (Å²) in [5.74, 6) is 1.99. The molecule has 2 aliphatic rings. The van der Waals surface area contributed by atoms with Gasteiger partial charge in [0.1, 0.15) is 0 Å². The van der Waals surface area contributed by atoms with Gasteiger partial charge in [0.05, 0.1) is 6.54 Å². The molecule has 2 aliphatic carbocycles. The standard InChI is InChI=1S/C19H20N2O/c22-19(18-12-17(18)15-6-7-15)21(16-8-10-20-11-9-16)13-14-4-2-1-3-5-14/h1-5,8-11,15,17-18H,6-7,12-13H2/t17-,18-/m1/s1. The normalized spacial score (nSPS) is 23.1. The van der Waals surface area contributed by atoms with E-state index in [1.807, 2.05) is 35.2 Å². The number of benzene rings is 1. The second kappa shape index (κ2) is 5.56. The van der Waals surface area contributed by atoms with Crippen LogP contribution in [0.3, 0.4) is 0 Å². The maximum Gasteiger partial charge on any atom is 0.230 e. The number of amides is 1. The summed E-state index contributed by atoms with van der Waals surface area (Å²) in [4.78, 5) is 19.0. The van der Waals surface area contributed by atoms with Crippen LogP contribution in [0.25, 0.3) is 0 Å². The van der Waals surface area contributed by atoms with Crippen molar-refractivity contribution in [1.29, 1.82) is 0 Å². The van der Waals surface area contributed by atoms with Crippen molar-refractivity contribution in [3.8, 4) is 0 Å². The number of nitrogens with zero attached hydrogens (tertiary/aromatic N) is 2. The maximum atomic E-state index is 13.0. The molecular formula is C19H20N2O. The molecule has 1 heterocycles. The molecule has 1 aromatic carbocycles. The number of anilines is 1. The van der Waals surface area contributed by atoms with Crippen molar-refractivity contribution in [3.05, 3.63) is 60.4 Å². The lowest BCUT2D eigenvalue weighted by atomic mass is 10.1. The fourth-order valence-corrected chi connectivity index (χ4v) is 3.33. The molecule has 2 atom stereocenters. The number of pyridine rings is 1. The van der Waals surface area contributed by atoms with E-state index in [4.69, 9.17) is 0 Å². The van der Waals surface area contributed by atoms with Gasteiger partial charge in [-0.2, -0.15) is 0 Å². The molecule has 2 fully saturated rings. The van der Waals surface area contributed by atoms with Crippen LogP contribution in [0, 0.1) is 17.8 Å². The lowest BCUT2D eigenvalue weighted by molar-refractivity contribution is -0.120. The van der Waals surface area contributed by atoms with E-state index >= 15 is 0 Å². The van der Waals surface area contributed by atoms with E-state index in [2.05, 4.69) is 17.1 Å². The minimum Gasteiger partial charge on any atom is -0.308 e. The highest BCUT2D eigenvalue weighted by molar-refractivity contribution is 5.96. The lowest BCUT2D eigenvalue weighted by Gasteiger charge is -2.23. The van der Waals surface area contributed by atoms with Gasteiger partial charge in [0.25, 0.3) is 0 Å². The van der Waals surface area contributed by atoms with Crippen LogP contribution in [-0.4, -0.2) is 10.9 Å². The first-order chi connectivity index (χ1) is 10.8. The molecule has 0 N–H and O–H groups in total. The Morgan fingerprint density at radius 1 is 1.09 bits per heavy atom. The van der Waals surface area contributed by atoms with Crippen molar-refractivity contribution in [1.82, 2.24) is 4.98 Å². The summed E-state index contributed by atoms with van der Waals surface area (Å²) >= 11 is 0. The SMILES string of the molecule is O=C([C@@H]1C[C@@H]1C1CC1)N(Cc1ccccc1)c1ccncc1. The third-order valence-corrected chi connectivity index (χ3v) is 4.81. The summed E-state index contributed by atoms with van der Waals surface area (Å²) in [6, 6.07) is 14.1.